The summed E-state index contributed by atoms with van der Waals surface area (Å²) in [6, 6.07) is 1.79. The van der Waals surface area contributed by atoms with Gasteiger partial charge < -0.3 is 19.8 Å². The second-order valence-electron chi connectivity index (χ2n) is 4.33. The summed E-state index contributed by atoms with van der Waals surface area (Å²) < 4.78 is 12.0. The van der Waals surface area contributed by atoms with Crippen molar-refractivity contribution in [1.29, 1.82) is 0 Å². The number of hydrogen-bond acceptors (Lipinski definition) is 4. The molecule has 0 bridgehead atoms. The van der Waals surface area contributed by atoms with Gasteiger partial charge in [-0.1, -0.05) is 0 Å². The Kier molecular flexibility index (Phi) is 4.57. The number of aromatic nitrogens is 1. The Labute approximate surface area is 101 Å². The van der Waals surface area contributed by atoms with Crippen molar-refractivity contribution in [2.45, 2.75) is 32.9 Å². The highest BCUT2D eigenvalue weighted by Crippen LogP contribution is 2.17. The molecule has 0 spiro atoms. The largest absolute Gasteiger partial charge is 0.456 e. The first-order chi connectivity index (χ1) is 7.95. The molecule has 2 N–H and O–H groups in total. The molecule has 17 heavy (non-hydrogen) atoms. The molecular formula is C12H20N2O3. The first kappa shape index (κ1) is 13.6. The number of nitrogens with two attached hydrogens (primary N) is 1. The number of hydrogen-bond donors (Lipinski definition) is 1. The molecule has 1 unspecified atom stereocenters. The Morgan fingerprint density at radius 2 is 2.12 bits per heavy atom. The van der Waals surface area contributed by atoms with Crippen LogP contribution in [0, 0.1) is 0 Å². The van der Waals surface area contributed by atoms with Gasteiger partial charge in [0.1, 0.15) is 11.8 Å². The third kappa shape index (κ3) is 3.49. The van der Waals surface area contributed by atoms with E-state index in [0.717, 1.165) is 0 Å². The molecular weight excluding hydrogens is 220 g/mol. The summed E-state index contributed by atoms with van der Waals surface area (Å²) >= 11 is 0. The Morgan fingerprint density at radius 1 is 1.47 bits per heavy atom. The lowest BCUT2D eigenvalue weighted by Gasteiger charge is -2.15. The Bertz CT molecular complexity index is 385. The van der Waals surface area contributed by atoms with Crippen molar-refractivity contribution in [2.75, 3.05) is 19.5 Å². The lowest BCUT2D eigenvalue weighted by Crippen LogP contribution is -2.22. The molecule has 96 valence electrons. The number of methoxy groups -OCH3 is 1. The van der Waals surface area contributed by atoms with Gasteiger partial charge in [-0.3, -0.25) is 0 Å². The van der Waals surface area contributed by atoms with Crippen molar-refractivity contribution >= 4 is 11.7 Å². The number of carbonyl (C=O) groups excluding carboxylic acids is 1. The lowest BCUT2D eigenvalue weighted by molar-refractivity contribution is 0.0108. The summed E-state index contributed by atoms with van der Waals surface area (Å²) in [7, 11) is 1.57. The van der Waals surface area contributed by atoms with E-state index in [1.54, 1.807) is 30.9 Å². The summed E-state index contributed by atoms with van der Waals surface area (Å²) in [6.07, 6.45) is 1.46. The van der Waals surface area contributed by atoms with Crippen LogP contribution in [0.4, 0.5) is 5.69 Å². The highest BCUT2D eigenvalue weighted by Gasteiger charge is 2.18. The zero-order chi connectivity index (χ0) is 13.0. The van der Waals surface area contributed by atoms with Crippen LogP contribution in [0.15, 0.2) is 12.3 Å². The maximum atomic E-state index is 11.9. The van der Waals surface area contributed by atoms with Crippen LogP contribution in [0.2, 0.25) is 0 Å². The zero-order valence-corrected chi connectivity index (χ0v) is 10.8. The second-order valence-corrected chi connectivity index (χ2v) is 4.33. The smallest absolute Gasteiger partial charge is 0.355 e. The van der Waals surface area contributed by atoms with Gasteiger partial charge in [0.15, 0.2) is 0 Å². The van der Waals surface area contributed by atoms with E-state index in [-0.39, 0.29) is 18.1 Å². The molecule has 1 aromatic rings. The average Bonchev–Trinajstić information content (AvgIpc) is 2.60. The first-order valence-electron chi connectivity index (χ1n) is 5.63. The summed E-state index contributed by atoms with van der Waals surface area (Å²) in [5, 5.41) is 0. The number of rotatable bonds is 5. The fourth-order valence-electron chi connectivity index (χ4n) is 1.60. The minimum Gasteiger partial charge on any atom is -0.456 e. The van der Waals surface area contributed by atoms with Gasteiger partial charge in [0.25, 0.3) is 0 Å². The Balaban J connectivity index is 2.81. The van der Waals surface area contributed by atoms with Crippen molar-refractivity contribution < 1.29 is 14.3 Å². The quantitative estimate of drug-likeness (QED) is 0.797. The SMILES string of the molecule is COCC(C)OC(=O)c1cc(N)cn1C(C)C. The molecule has 1 aromatic heterocycles. The summed E-state index contributed by atoms with van der Waals surface area (Å²) in [6.45, 7) is 6.13. The topological polar surface area (TPSA) is 66.5 Å². The number of nitrogen functional groups attached to an aromatic ring is 1. The molecule has 1 rings (SSSR count). The molecule has 5 nitrogen and oxygen atoms in total. The van der Waals surface area contributed by atoms with E-state index in [1.165, 1.54) is 0 Å². The van der Waals surface area contributed by atoms with Gasteiger partial charge in [0.05, 0.1) is 12.3 Å². The lowest BCUT2D eigenvalue weighted by atomic mass is 10.3. The third-order valence-corrected chi connectivity index (χ3v) is 2.34. The van der Waals surface area contributed by atoms with Crippen LogP contribution in [0.25, 0.3) is 0 Å². The van der Waals surface area contributed by atoms with Crippen LogP contribution in [-0.2, 0) is 9.47 Å². The molecule has 0 fully saturated rings. The van der Waals surface area contributed by atoms with Crippen molar-refractivity contribution in [3.63, 3.8) is 0 Å². The molecule has 0 aliphatic heterocycles. The maximum absolute atomic E-state index is 11.9. The number of ether oxygens (including phenoxy) is 2. The van der Waals surface area contributed by atoms with Crippen molar-refractivity contribution in [3.05, 3.63) is 18.0 Å². The van der Waals surface area contributed by atoms with Crippen LogP contribution in [-0.4, -0.2) is 30.4 Å². The van der Waals surface area contributed by atoms with Crippen LogP contribution in [0.1, 0.15) is 37.3 Å². The van der Waals surface area contributed by atoms with E-state index in [0.29, 0.717) is 18.0 Å². The van der Waals surface area contributed by atoms with Gasteiger partial charge in [0, 0.05) is 19.3 Å². The zero-order valence-electron chi connectivity index (χ0n) is 10.8. The van der Waals surface area contributed by atoms with Gasteiger partial charge >= 0.3 is 5.97 Å². The second kappa shape index (κ2) is 5.72. The predicted octanol–water partition coefficient (Wildman–Crippen LogP) is 1.84. The molecule has 0 radical (unpaired) electrons. The number of carbonyl (C=O) groups is 1. The van der Waals surface area contributed by atoms with Gasteiger partial charge in [-0.2, -0.15) is 0 Å². The molecule has 0 aliphatic rings. The highest BCUT2D eigenvalue weighted by molar-refractivity contribution is 5.89. The number of esters is 1. The van der Waals surface area contributed by atoms with Crippen LogP contribution in [0.5, 0.6) is 0 Å². The van der Waals surface area contributed by atoms with Crippen LogP contribution < -0.4 is 5.73 Å². The van der Waals surface area contributed by atoms with Gasteiger partial charge in [-0.15, -0.1) is 0 Å². The maximum Gasteiger partial charge on any atom is 0.355 e. The van der Waals surface area contributed by atoms with Gasteiger partial charge in [-0.25, -0.2) is 4.79 Å². The Hall–Kier alpha value is -1.49. The van der Waals surface area contributed by atoms with Crippen molar-refractivity contribution in [2.24, 2.45) is 0 Å². The van der Waals surface area contributed by atoms with E-state index < -0.39 is 0 Å². The molecule has 1 atom stereocenters. The third-order valence-electron chi connectivity index (χ3n) is 2.34. The monoisotopic (exact) mass is 240 g/mol. The molecule has 0 saturated carbocycles. The van der Waals surface area contributed by atoms with Crippen molar-refractivity contribution in [3.8, 4) is 0 Å². The normalized spacial score (nSPS) is 12.8. The minimum atomic E-state index is -0.375. The van der Waals surface area contributed by atoms with E-state index in [2.05, 4.69) is 0 Å². The van der Waals surface area contributed by atoms with Crippen LogP contribution >= 0.6 is 0 Å². The van der Waals surface area contributed by atoms with Gasteiger partial charge in [-0.05, 0) is 26.8 Å². The molecule has 5 heteroatoms. The summed E-state index contributed by atoms with van der Waals surface area (Å²) in [5.41, 5.74) is 6.72. The fraction of sp³-hybridized carbons (Fsp3) is 0.583. The number of anilines is 1. The van der Waals surface area contributed by atoms with Gasteiger partial charge in [0.2, 0.25) is 0 Å². The summed E-state index contributed by atoms with van der Waals surface area (Å²) in [5.74, 6) is -0.375. The molecule has 0 aromatic carbocycles. The number of nitrogens with zero attached hydrogens (tertiary/aromatic N) is 1. The van der Waals surface area contributed by atoms with E-state index in [1.807, 2.05) is 13.8 Å². The Morgan fingerprint density at radius 3 is 2.65 bits per heavy atom. The predicted molar refractivity (Wildman–Crippen MR) is 66.0 cm³/mol. The average molecular weight is 240 g/mol. The highest BCUT2D eigenvalue weighted by atomic mass is 16.6. The molecule has 0 saturated heterocycles. The molecule has 0 aliphatic carbocycles. The standard InChI is InChI=1S/C12H20N2O3/c1-8(2)14-6-10(13)5-11(14)12(15)17-9(3)7-16-4/h5-6,8-9H,7,13H2,1-4H3. The fourth-order valence-corrected chi connectivity index (χ4v) is 1.60. The van der Waals surface area contributed by atoms with E-state index in [4.69, 9.17) is 15.2 Å². The first-order valence-corrected chi connectivity index (χ1v) is 5.63. The summed E-state index contributed by atoms with van der Waals surface area (Å²) in [4.78, 5) is 11.9. The van der Waals surface area contributed by atoms with E-state index in [9.17, 15) is 4.79 Å². The molecule has 0 amide bonds. The van der Waals surface area contributed by atoms with E-state index >= 15 is 0 Å². The van der Waals surface area contributed by atoms with Crippen molar-refractivity contribution in [1.82, 2.24) is 4.57 Å². The molecule has 1 heterocycles. The minimum absolute atomic E-state index is 0.160. The van der Waals surface area contributed by atoms with Crippen LogP contribution in [0.3, 0.4) is 0 Å².